The van der Waals surface area contributed by atoms with E-state index in [0.29, 0.717) is 6.42 Å². The fourth-order valence-electron chi connectivity index (χ4n) is 3.14. The van der Waals surface area contributed by atoms with E-state index in [4.69, 9.17) is 18.9 Å². The highest BCUT2D eigenvalue weighted by Crippen LogP contribution is 2.36. The van der Waals surface area contributed by atoms with Crippen LogP contribution in [0.3, 0.4) is 0 Å². The molecule has 1 saturated heterocycles. The summed E-state index contributed by atoms with van der Waals surface area (Å²) in [6.45, 7) is 8.83. The number of carbonyl (C=O) groups is 1. The van der Waals surface area contributed by atoms with Crippen molar-refractivity contribution in [3.05, 3.63) is 43.0 Å². The molecule has 3 unspecified atom stereocenters. The number of nitrogens with zero attached hydrogens (tertiary/aromatic N) is 1. The van der Waals surface area contributed by atoms with Gasteiger partial charge in [-0.3, -0.25) is 0 Å². The maximum absolute atomic E-state index is 13.6. The summed E-state index contributed by atoms with van der Waals surface area (Å²) in [7, 11) is 0. The fourth-order valence-corrected chi connectivity index (χ4v) is 3.14. The SMILES string of the molecule is C=CCOC(=O)OC1C(O/C(=N/c2ccccc2)C(F)(F)F)OC(CC)[C@@H](C)[C@@H]1C. The van der Waals surface area contributed by atoms with E-state index < -0.39 is 30.6 Å². The van der Waals surface area contributed by atoms with Crippen LogP contribution in [0.2, 0.25) is 0 Å². The number of rotatable bonds is 6. The van der Waals surface area contributed by atoms with Crippen LogP contribution < -0.4 is 0 Å². The van der Waals surface area contributed by atoms with Gasteiger partial charge in [-0.05, 0) is 24.5 Å². The van der Waals surface area contributed by atoms with Crippen molar-refractivity contribution in [2.45, 2.75) is 51.9 Å². The molecule has 0 aromatic heterocycles. The van der Waals surface area contributed by atoms with Gasteiger partial charge in [0, 0.05) is 5.92 Å². The highest BCUT2D eigenvalue weighted by atomic mass is 19.4. The molecule has 1 aromatic rings. The minimum absolute atomic E-state index is 0.0666. The Morgan fingerprint density at radius 3 is 2.43 bits per heavy atom. The van der Waals surface area contributed by atoms with Crippen molar-refractivity contribution in [1.29, 1.82) is 0 Å². The van der Waals surface area contributed by atoms with Crippen molar-refractivity contribution in [2.24, 2.45) is 16.8 Å². The molecule has 1 aromatic carbocycles. The van der Waals surface area contributed by atoms with Gasteiger partial charge in [-0.25, -0.2) is 9.79 Å². The Morgan fingerprint density at radius 1 is 1.20 bits per heavy atom. The van der Waals surface area contributed by atoms with Crippen LogP contribution in [0, 0.1) is 11.8 Å². The summed E-state index contributed by atoms with van der Waals surface area (Å²) in [5, 5.41) is 0. The summed E-state index contributed by atoms with van der Waals surface area (Å²) in [6, 6.07) is 7.60. The Bertz CT molecular complexity index is 738. The Labute approximate surface area is 173 Å². The van der Waals surface area contributed by atoms with E-state index in [1.807, 2.05) is 13.8 Å². The standard InChI is InChI=1S/C21H26F3NO5/c1-5-12-27-20(26)29-17-14(4)13(3)16(6-2)28-18(17)30-19(21(22,23)24)25-15-10-8-7-9-11-15/h5,7-11,13-14,16-18H,1,6,12H2,2-4H3/b25-19+/t13-,14-,16?,17?,18?/m0/s1. The molecule has 2 rings (SSSR count). The lowest BCUT2D eigenvalue weighted by Gasteiger charge is -2.43. The molecule has 0 amide bonds. The number of aliphatic imine (C=N–C) groups is 1. The first kappa shape index (κ1) is 23.7. The molecule has 1 fully saturated rings. The first-order valence-electron chi connectivity index (χ1n) is 9.64. The van der Waals surface area contributed by atoms with Crippen LogP contribution in [0.25, 0.3) is 0 Å². The number of halogens is 3. The van der Waals surface area contributed by atoms with E-state index >= 15 is 0 Å². The predicted octanol–water partition coefficient (Wildman–Crippen LogP) is 5.41. The Balaban J connectivity index is 2.32. The van der Waals surface area contributed by atoms with Gasteiger partial charge in [0.25, 0.3) is 5.90 Å². The molecule has 1 aliphatic rings. The van der Waals surface area contributed by atoms with Crippen LogP contribution in [0.4, 0.5) is 23.7 Å². The van der Waals surface area contributed by atoms with Gasteiger partial charge in [0.05, 0.1) is 11.8 Å². The van der Waals surface area contributed by atoms with Gasteiger partial charge >= 0.3 is 12.3 Å². The highest BCUT2D eigenvalue weighted by molar-refractivity contribution is 5.84. The smallest absolute Gasteiger partial charge is 0.440 e. The number of benzene rings is 1. The average molecular weight is 429 g/mol. The van der Waals surface area contributed by atoms with Crippen molar-refractivity contribution in [2.75, 3.05) is 6.61 Å². The van der Waals surface area contributed by atoms with E-state index in [1.165, 1.54) is 18.2 Å². The van der Waals surface area contributed by atoms with E-state index in [2.05, 4.69) is 11.6 Å². The molecule has 0 radical (unpaired) electrons. The van der Waals surface area contributed by atoms with Crippen LogP contribution in [-0.4, -0.2) is 43.3 Å². The first-order valence-corrected chi connectivity index (χ1v) is 9.64. The Hall–Kier alpha value is -2.55. The molecule has 6 nitrogen and oxygen atoms in total. The fraction of sp³-hybridized carbons (Fsp3) is 0.524. The van der Waals surface area contributed by atoms with Gasteiger partial charge in [0.2, 0.25) is 6.29 Å². The molecular formula is C21H26F3NO5. The lowest BCUT2D eigenvalue weighted by molar-refractivity contribution is -0.253. The average Bonchev–Trinajstić information content (AvgIpc) is 2.71. The Morgan fingerprint density at radius 2 is 1.87 bits per heavy atom. The van der Waals surface area contributed by atoms with Gasteiger partial charge in [-0.2, -0.15) is 13.2 Å². The van der Waals surface area contributed by atoms with E-state index in [1.54, 1.807) is 25.1 Å². The van der Waals surface area contributed by atoms with Crippen molar-refractivity contribution >= 4 is 17.7 Å². The lowest BCUT2D eigenvalue weighted by atomic mass is 9.82. The third kappa shape index (κ3) is 6.22. The highest BCUT2D eigenvalue weighted by Gasteiger charge is 2.48. The minimum Gasteiger partial charge on any atom is -0.440 e. The maximum Gasteiger partial charge on any atom is 0.509 e. The van der Waals surface area contributed by atoms with Crippen LogP contribution in [0.15, 0.2) is 48.0 Å². The molecule has 166 valence electrons. The second kappa shape index (κ2) is 10.5. The quantitative estimate of drug-likeness (QED) is 0.262. The van der Waals surface area contributed by atoms with Gasteiger partial charge < -0.3 is 18.9 Å². The zero-order chi connectivity index (χ0) is 22.3. The van der Waals surface area contributed by atoms with Crippen LogP contribution in [0.5, 0.6) is 0 Å². The van der Waals surface area contributed by atoms with Crippen LogP contribution in [0.1, 0.15) is 27.2 Å². The molecule has 0 aliphatic carbocycles. The molecule has 1 heterocycles. The van der Waals surface area contributed by atoms with E-state index in [-0.39, 0.29) is 30.2 Å². The third-order valence-electron chi connectivity index (χ3n) is 4.92. The van der Waals surface area contributed by atoms with Crippen LogP contribution in [-0.2, 0) is 18.9 Å². The summed E-state index contributed by atoms with van der Waals surface area (Å²) >= 11 is 0. The third-order valence-corrected chi connectivity index (χ3v) is 4.92. The topological polar surface area (TPSA) is 66.4 Å². The number of alkyl halides is 3. The van der Waals surface area contributed by atoms with Crippen molar-refractivity contribution < 1.29 is 36.9 Å². The summed E-state index contributed by atoms with van der Waals surface area (Å²) in [4.78, 5) is 15.5. The second-order valence-corrected chi connectivity index (χ2v) is 6.97. The first-order chi connectivity index (χ1) is 14.2. The summed E-state index contributed by atoms with van der Waals surface area (Å²) < 4.78 is 61.8. The van der Waals surface area contributed by atoms with Gasteiger partial charge in [-0.15, -0.1) is 0 Å². The van der Waals surface area contributed by atoms with Crippen molar-refractivity contribution in [1.82, 2.24) is 0 Å². The molecule has 5 atom stereocenters. The van der Waals surface area contributed by atoms with Crippen molar-refractivity contribution in [3.8, 4) is 0 Å². The number of ether oxygens (including phenoxy) is 4. The number of hydrogen-bond acceptors (Lipinski definition) is 6. The van der Waals surface area contributed by atoms with Gasteiger partial charge in [-0.1, -0.05) is 51.6 Å². The lowest BCUT2D eigenvalue weighted by Crippen LogP contribution is -2.53. The predicted molar refractivity (Wildman–Crippen MR) is 104 cm³/mol. The monoisotopic (exact) mass is 429 g/mol. The molecule has 9 heteroatoms. The number of carbonyl (C=O) groups excluding carboxylic acids is 1. The largest absolute Gasteiger partial charge is 0.509 e. The second-order valence-electron chi connectivity index (χ2n) is 6.97. The zero-order valence-electron chi connectivity index (χ0n) is 17.1. The van der Waals surface area contributed by atoms with Crippen LogP contribution >= 0.6 is 0 Å². The minimum atomic E-state index is -4.87. The molecule has 0 N–H and O–H groups in total. The van der Waals surface area contributed by atoms with E-state index in [9.17, 15) is 18.0 Å². The summed E-state index contributed by atoms with van der Waals surface area (Å²) in [5.41, 5.74) is 0.0666. The molecule has 30 heavy (non-hydrogen) atoms. The molecule has 0 bridgehead atoms. The van der Waals surface area contributed by atoms with E-state index in [0.717, 1.165) is 0 Å². The van der Waals surface area contributed by atoms with Crippen molar-refractivity contribution in [3.63, 3.8) is 0 Å². The molecule has 1 aliphatic heterocycles. The van der Waals surface area contributed by atoms with Gasteiger partial charge in [0.15, 0.2) is 6.10 Å². The zero-order valence-corrected chi connectivity index (χ0v) is 17.1. The summed E-state index contributed by atoms with van der Waals surface area (Å²) in [6.07, 6.45) is -7.01. The molecular weight excluding hydrogens is 403 g/mol. The molecule has 0 spiro atoms. The molecule has 0 saturated carbocycles. The number of para-hydroxylation sites is 1. The Kier molecular flexibility index (Phi) is 8.28. The summed E-state index contributed by atoms with van der Waals surface area (Å²) in [5.74, 6) is -1.92. The van der Waals surface area contributed by atoms with Gasteiger partial charge in [0.1, 0.15) is 6.61 Å². The normalized spacial score (nSPS) is 27.3. The maximum atomic E-state index is 13.6. The number of hydrogen-bond donors (Lipinski definition) is 0.